The van der Waals surface area contributed by atoms with Crippen molar-refractivity contribution in [2.45, 2.75) is 19.2 Å². The predicted molar refractivity (Wildman–Crippen MR) is 142 cm³/mol. The smallest absolute Gasteiger partial charge is 0.216 e. The number of aromatic nitrogens is 1. The molecule has 0 aliphatic carbocycles. The second kappa shape index (κ2) is 10.2. The van der Waals surface area contributed by atoms with E-state index in [1.165, 1.54) is 6.21 Å². The maximum absolute atomic E-state index is 13.5. The Morgan fingerprint density at radius 2 is 1.83 bits per heavy atom. The molecule has 3 N–H and O–H groups in total. The highest BCUT2D eigenvalue weighted by Crippen LogP contribution is 2.20. The molecule has 0 fully saturated rings. The van der Waals surface area contributed by atoms with E-state index < -0.39 is 10.0 Å². The average Bonchev–Trinajstić information content (AvgIpc) is 2.98. The van der Waals surface area contributed by atoms with E-state index in [1.807, 2.05) is 31.2 Å². The average molecular weight is 487 g/mol. The highest BCUT2D eigenvalue weighted by molar-refractivity contribution is 7.88. The van der Waals surface area contributed by atoms with Crippen molar-refractivity contribution in [1.29, 1.82) is 5.41 Å². The van der Waals surface area contributed by atoms with Gasteiger partial charge in [0, 0.05) is 54.1 Å². The molecule has 7 nitrogen and oxygen atoms in total. The zero-order chi connectivity index (χ0) is 25.0. The van der Waals surface area contributed by atoms with Crippen LogP contribution >= 0.6 is 0 Å². The second-order valence-electron chi connectivity index (χ2n) is 8.28. The zero-order valence-electron chi connectivity index (χ0n) is 19.5. The van der Waals surface area contributed by atoms with Gasteiger partial charge in [-0.1, -0.05) is 42.5 Å². The summed E-state index contributed by atoms with van der Waals surface area (Å²) >= 11 is 0. The minimum absolute atomic E-state index is 0.207. The van der Waals surface area contributed by atoms with Crippen molar-refractivity contribution in [1.82, 2.24) is 15.0 Å². The first-order valence-electron chi connectivity index (χ1n) is 11.1. The van der Waals surface area contributed by atoms with Crippen molar-refractivity contribution < 1.29 is 8.42 Å². The lowest BCUT2D eigenvalue weighted by Crippen LogP contribution is -2.25. The van der Waals surface area contributed by atoms with Gasteiger partial charge in [-0.25, -0.2) is 13.1 Å². The van der Waals surface area contributed by atoms with Crippen LogP contribution in [0.15, 0.2) is 77.9 Å². The normalized spacial score (nSPS) is 12.1. The molecule has 0 aliphatic rings. The van der Waals surface area contributed by atoms with Crippen molar-refractivity contribution in [3.05, 3.63) is 106 Å². The van der Waals surface area contributed by atoms with Crippen molar-refractivity contribution in [3.8, 4) is 0 Å². The molecule has 178 valence electrons. The van der Waals surface area contributed by atoms with Crippen LogP contribution in [0.5, 0.6) is 0 Å². The zero-order valence-corrected chi connectivity index (χ0v) is 20.3. The highest BCUT2D eigenvalue weighted by Gasteiger charge is 2.14. The largest absolute Gasteiger partial charge is 0.393 e. The Hall–Kier alpha value is -3.88. The molecule has 0 bridgehead atoms. The number of allylic oxidation sites excluding steroid dienone is 1. The lowest BCUT2D eigenvalue weighted by atomic mass is 10.1. The van der Waals surface area contributed by atoms with Crippen LogP contribution in [-0.2, 0) is 22.3 Å². The summed E-state index contributed by atoms with van der Waals surface area (Å²) in [7, 11) is -1.89. The van der Waals surface area contributed by atoms with Crippen LogP contribution in [0.4, 0.5) is 0 Å². The molecule has 0 aliphatic heterocycles. The van der Waals surface area contributed by atoms with E-state index in [-0.39, 0.29) is 17.7 Å². The fourth-order valence-corrected chi connectivity index (χ4v) is 5.02. The van der Waals surface area contributed by atoms with Gasteiger partial charge in [0.25, 0.3) is 0 Å². The number of nitrogens with zero attached hydrogens (tertiary/aromatic N) is 1. The first-order chi connectivity index (χ1) is 16.8. The van der Waals surface area contributed by atoms with Gasteiger partial charge in [0.1, 0.15) is 0 Å². The molecule has 8 heteroatoms. The second-order valence-corrected chi connectivity index (χ2v) is 10.1. The van der Waals surface area contributed by atoms with Crippen LogP contribution in [0.2, 0.25) is 0 Å². The Labute approximate surface area is 204 Å². The van der Waals surface area contributed by atoms with Crippen molar-refractivity contribution in [3.63, 3.8) is 0 Å². The maximum Gasteiger partial charge on any atom is 0.216 e. The SMILES string of the molecule is CN/C=C(\C=N)c1cnc2ccc3ccc(CS(=O)(=O)NCc4ccccc4C)cc3c(=O)c2c1. The number of nitrogens with one attached hydrogen (secondary N) is 3. The van der Waals surface area contributed by atoms with E-state index in [0.717, 1.165) is 11.1 Å². The first-order valence-corrected chi connectivity index (χ1v) is 12.7. The molecular formula is C27H26N4O3S. The molecule has 1 aromatic heterocycles. The molecule has 0 saturated carbocycles. The number of hydrogen-bond donors (Lipinski definition) is 3. The fraction of sp³-hybridized carbons (Fsp3) is 0.148. The van der Waals surface area contributed by atoms with Gasteiger partial charge < -0.3 is 10.7 Å². The lowest BCUT2D eigenvalue weighted by Gasteiger charge is -2.09. The number of aryl methyl sites for hydroxylation is 1. The van der Waals surface area contributed by atoms with Crippen molar-refractivity contribution in [2.24, 2.45) is 0 Å². The molecule has 1 heterocycles. The number of hydrogen-bond acceptors (Lipinski definition) is 6. The van der Waals surface area contributed by atoms with E-state index in [9.17, 15) is 13.2 Å². The quantitative estimate of drug-likeness (QED) is 0.327. The first kappa shape index (κ1) is 24.3. The fourth-order valence-electron chi connectivity index (χ4n) is 3.93. The molecule has 3 aromatic carbocycles. The summed E-state index contributed by atoms with van der Waals surface area (Å²) in [6, 6.07) is 18.0. The van der Waals surface area contributed by atoms with E-state index in [4.69, 9.17) is 5.41 Å². The summed E-state index contributed by atoms with van der Waals surface area (Å²) in [4.78, 5) is 17.9. The van der Waals surface area contributed by atoms with Crippen LogP contribution in [0.1, 0.15) is 22.3 Å². The summed E-state index contributed by atoms with van der Waals surface area (Å²) < 4.78 is 28.2. The number of pyridine rings is 1. The molecule has 0 radical (unpaired) electrons. The van der Waals surface area contributed by atoms with Gasteiger partial charge in [-0.15, -0.1) is 0 Å². The van der Waals surface area contributed by atoms with Crippen LogP contribution in [0.25, 0.3) is 27.2 Å². The van der Waals surface area contributed by atoms with Gasteiger partial charge in [0.15, 0.2) is 5.43 Å². The summed E-state index contributed by atoms with van der Waals surface area (Å²) in [6.07, 6.45) is 4.48. The number of fused-ring (bicyclic) bond motifs is 2. The van der Waals surface area contributed by atoms with Gasteiger partial charge in [0.2, 0.25) is 10.0 Å². The molecular weight excluding hydrogens is 460 g/mol. The Bertz CT molecular complexity index is 1630. The third kappa shape index (κ3) is 5.45. The predicted octanol–water partition coefficient (Wildman–Crippen LogP) is 3.89. The Morgan fingerprint density at radius 1 is 1.06 bits per heavy atom. The summed E-state index contributed by atoms with van der Waals surface area (Å²) in [5.74, 6) is -0.239. The maximum atomic E-state index is 13.5. The highest BCUT2D eigenvalue weighted by atomic mass is 32.2. The van der Waals surface area contributed by atoms with Crippen LogP contribution in [0, 0.1) is 12.3 Å². The van der Waals surface area contributed by atoms with Gasteiger partial charge >= 0.3 is 0 Å². The van der Waals surface area contributed by atoms with Crippen LogP contribution in [-0.4, -0.2) is 26.7 Å². The van der Waals surface area contributed by atoms with E-state index >= 15 is 0 Å². The molecule has 4 aromatic rings. The van der Waals surface area contributed by atoms with Gasteiger partial charge in [-0.2, -0.15) is 0 Å². The van der Waals surface area contributed by atoms with Gasteiger partial charge in [-0.05, 0) is 47.2 Å². The molecule has 0 unspecified atom stereocenters. The van der Waals surface area contributed by atoms with E-state index in [0.29, 0.717) is 38.4 Å². The number of rotatable bonds is 8. The molecule has 0 spiro atoms. The minimum Gasteiger partial charge on any atom is -0.393 e. The van der Waals surface area contributed by atoms with Crippen LogP contribution in [0.3, 0.4) is 0 Å². The summed E-state index contributed by atoms with van der Waals surface area (Å²) in [6.45, 7) is 2.14. The van der Waals surface area contributed by atoms with Gasteiger partial charge in [-0.3, -0.25) is 9.78 Å². The van der Waals surface area contributed by atoms with Gasteiger partial charge in [0.05, 0.1) is 11.3 Å². The lowest BCUT2D eigenvalue weighted by molar-refractivity contribution is 0.580. The van der Waals surface area contributed by atoms with Crippen molar-refractivity contribution >= 4 is 43.5 Å². The molecule has 0 atom stereocenters. The molecule has 4 rings (SSSR count). The van der Waals surface area contributed by atoms with E-state index in [2.05, 4.69) is 15.0 Å². The number of sulfonamides is 1. The minimum atomic E-state index is -3.62. The van der Waals surface area contributed by atoms with Crippen LogP contribution < -0.4 is 15.5 Å². The third-order valence-corrected chi connectivity index (χ3v) is 7.13. The Balaban J connectivity index is 1.71. The molecule has 35 heavy (non-hydrogen) atoms. The third-order valence-electron chi connectivity index (χ3n) is 5.84. The molecule has 0 saturated heterocycles. The Kier molecular flexibility index (Phi) is 7.04. The topological polar surface area (TPSA) is 112 Å². The molecule has 0 amide bonds. The standard InChI is InChI=1S/C27H26N4O3S/c1-18-5-3-4-6-21(18)16-31-35(33,34)17-19-7-8-20-9-10-26-25(27(32)24(20)11-19)12-22(15-30-26)23(13-28)14-29-2/h3-15,28-29,31H,16-17H2,1-2H3/b23-14+,28-13?. The summed E-state index contributed by atoms with van der Waals surface area (Å²) in [5, 5.41) is 12.0. The van der Waals surface area contributed by atoms with Crippen molar-refractivity contribution in [2.75, 3.05) is 7.05 Å². The van der Waals surface area contributed by atoms with E-state index in [1.54, 1.807) is 55.8 Å². The summed E-state index contributed by atoms with van der Waals surface area (Å²) in [5.41, 5.74) is 3.95. The monoisotopic (exact) mass is 486 g/mol. The Morgan fingerprint density at radius 3 is 2.57 bits per heavy atom. The number of benzene rings is 2.